The van der Waals surface area contributed by atoms with E-state index in [1.165, 1.54) is 0 Å². The number of nitrogens with zero attached hydrogens (tertiary/aromatic N) is 1. The van der Waals surface area contributed by atoms with E-state index in [1.807, 2.05) is 6.92 Å². The monoisotopic (exact) mass is 365 g/mol. The predicted molar refractivity (Wildman–Crippen MR) is 90.7 cm³/mol. The van der Waals surface area contributed by atoms with Crippen molar-refractivity contribution in [3.8, 4) is 0 Å². The Kier molecular flexibility index (Phi) is 7.37. The van der Waals surface area contributed by atoms with E-state index in [0.29, 0.717) is 45.1 Å². The van der Waals surface area contributed by atoms with E-state index in [4.69, 9.17) is 9.47 Å². The lowest BCUT2D eigenvalue weighted by Crippen LogP contribution is -2.47. The maximum atomic E-state index is 12.8. The van der Waals surface area contributed by atoms with Crippen LogP contribution in [0.2, 0.25) is 0 Å². The van der Waals surface area contributed by atoms with Gasteiger partial charge in [0.25, 0.3) is 0 Å². The largest absolute Gasteiger partial charge is 0.391 e. The minimum Gasteiger partial charge on any atom is -0.381 e. The third kappa shape index (κ3) is 6.02. The Labute approximate surface area is 147 Å². The summed E-state index contributed by atoms with van der Waals surface area (Å²) in [7, 11) is 1.69. The molecular weight excluding hydrogens is 335 g/mol. The lowest BCUT2D eigenvalue weighted by molar-refractivity contribution is -0.182. The molecule has 146 valence electrons. The quantitative estimate of drug-likeness (QED) is 0.581. The first kappa shape index (κ1) is 20.3. The topological polar surface area (TPSA) is 54.9 Å². The summed E-state index contributed by atoms with van der Waals surface area (Å²) in [4.78, 5) is 4.63. The number of rotatable bonds is 5. The SMILES string of the molecule is CCNC(=NCC1(OC)CCOCC1)NC1CCC(C(F)(F)F)CC1. The van der Waals surface area contributed by atoms with Crippen LogP contribution in [-0.4, -0.2) is 57.2 Å². The predicted octanol–water partition coefficient (Wildman–Crippen LogP) is 2.86. The summed E-state index contributed by atoms with van der Waals surface area (Å²) in [5.41, 5.74) is -0.311. The first-order chi connectivity index (χ1) is 11.9. The molecule has 0 aromatic heterocycles. The first-order valence-corrected chi connectivity index (χ1v) is 9.13. The van der Waals surface area contributed by atoms with Gasteiger partial charge < -0.3 is 20.1 Å². The Morgan fingerprint density at radius 1 is 1.20 bits per heavy atom. The lowest BCUT2D eigenvalue weighted by atomic mass is 9.85. The Bertz CT molecular complexity index is 429. The smallest absolute Gasteiger partial charge is 0.381 e. The van der Waals surface area contributed by atoms with E-state index < -0.39 is 12.1 Å². The van der Waals surface area contributed by atoms with Gasteiger partial charge in [-0.25, -0.2) is 0 Å². The van der Waals surface area contributed by atoms with E-state index in [1.54, 1.807) is 7.11 Å². The van der Waals surface area contributed by atoms with Crippen LogP contribution in [-0.2, 0) is 9.47 Å². The second kappa shape index (κ2) is 9.07. The van der Waals surface area contributed by atoms with Crippen LogP contribution in [0, 0.1) is 5.92 Å². The van der Waals surface area contributed by atoms with Gasteiger partial charge in [0.05, 0.1) is 18.1 Å². The molecule has 0 bridgehead atoms. The minimum atomic E-state index is -4.07. The minimum absolute atomic E-state index is 0.0320. The third-order valence-corrected chi connectivity index (χ3v) is 5.24. The van der Waals surface area contributed by atoms with Crippen LogP contribution in [0.3, 0.4) is 0 Å². The highest BCUT2D eigenvalue weighted by Gasteiger charge is 2.41. The summed E-state index contributed by atoms with van der Waals surface area (Å²) in [6.07, 6.45) is -1.10. The van der Waals surface area contributed by atoms with Crippen molar-refractivity contribution in [1.29, 1.82) is 0 Å². The standard InChI is InChI=1S/C17H30F3N3O2/c1-3-21-15(22-12-16(24-2)8-10-25-11-9-16)23-14-6-4-13(5-7-14)17(18,19)20/h13-14H,3-12H2,1-2H3,(H2,21,22,23). The molecule has 8 heteroatoms. The van der Waals surface area contributed by atoms with Crippen molar-refractivity contribution in [3.05, 3.63) is 0 Å². The fourth-order valence-corrected chi connectivity index (χ4v) is 3.47. The molecule has 2 fully saturated rings. The van der Waals surface area contributed by atoms with Crippen molar-refractivity contribution in [2.45, 2.75) is 63.3 Å². The van der Waals surface area contributed by atoms with Gasteiger partial charge in [-0.3, -0.25) is 4.99 Å². The molecule has 0 aromatic rings. The maximum Gasteiger partial charge on any atom is 0.391 e. The fraction of sp³-hybridized carbons (Fsp3) is 0.941. The Hall–Kier alpha value is -1.02. The molecule has 1 aliphatic carbocycles. The van der Waals surface area contributed by atoms with E-state index in [0.717, 1.165) is 12.8 Å². The molecule has 0 amide bonds. The summed E-state index contributed by atoms with van der Waals surface area (Å²) in [5.74, 6) is -0.509. The molecule has 1 heterocycles. The van der Waals surface area contributed by atoms with Gasteiger partial charge in [0.2, 0.25) is 0 Å². The van der Waals surface area contributed by atoms with Crippen LogP contribution >= 0.6 is 0 Å². The van der Waals surface area contributed by atoms with Crippen LogP contribution in [0.15, 0.2) is 4.99 Å². The van der Waals surface area contributed by atoms with Gasteiger partial charge in [0, 0.05) is 45.8 Å². The molecule has 0 aromatic carbocycles. The van der Waals surface area contributed by atoms with Gasteiger partial charge >= 0.3 is 6.18 Å². The number of nitrogens with one attached hydrogen (secondary N) is 2. The van der Waals surface area contributed by atoms with Crippen LogP contribution in [0.1, 0.15) is 45.4 Å². The molecule has 0 spiro atoms. The first-order valence-electron chi connectivity index (χ1n) is 9.13. The molecule has 25 heavy (non-hydrogen) atoms. The highest BCUT2D eigenvalue weighted by Crippen LogP contribution is 2.37. The molecule has 0 unspecified atom stereocenters. The average molecular weight is 365 g/mol. The fourth-order valence-electron chi connectivity index (χ4n) is 3.47. The molecule has 0 atom stereocenters. The zero-order valence-corrected chi connectivity index (χ0v) is 15.1. The Morgan fingerprint density at radius 2 is 1.84 bits per heavy atom. The van der Waals surface area contributed by atoms with Crippen molar-refractivity contribution < 1.29 is 22.6 Å². The number of hydrogen-bond acceptors (Lipinski definition) is 3. The van der Waals surface area contributed by atoms with Crippen LogP contribution < -0.4 is 10.6 Å². The highest BCUT2D eigenvalue weighted by molar-refractivity contribution is 5.80. The van der Waals surface area contributed by atoms with E-state index in [-0.39, 0.29) is 24.5 Å². The highest BCUT2D eigenvalue weighted by atomic mass is 19.4. The van der Waals surface area contributed by atoms with Crippen molar-refractivity contribution in [3.63, 3.8) is 0 Å². The van der Waals surface area contributed by atoms with E-state index >= 15 is 0 Å². The molecule has 0 radical (unpaired) electrons. The van der Waals surface area contributed by atoms with Gasteiger partial charge in [-0.15, -0.1) is 0 Å². The second-order valence-corrected chi connectivity index (χ2v) is 6.93. The van der Waals surface area contributed by atoms with Gasteiger partial charge in [0.1, 0.15) is 0 Å². The summed E-state index contributed by atoms with van der Waals surface area (Å²) in [5, 5.41) is 6.48. The zero-order valence-electron chi connectivity index (χ0n) is 15.1. The van der Waals surface area contributed by atoms with Crippen molar-refractivity contribution in [1.82, 2.24) is 10.6 Å². The molecule has 2 N–H and O–H groups in total. The lowest BCUT2D eigenvalue weighted by Gasteiger charge is -2.35. The van der Waals surface area contributed by atoms with E-state index in [2.05, 4.69) is 15.6 Å². The Balaban J connectivity index is 1.90. The van der Waals surface area contributed by atoms with Crippen molar-refractivity contribution in [2.24, 2.45) is 10.9 Å². The number of ether oxygens (including phenoxy) is 2. The molecule has 1 saturated carbocycles. The van der Waals surface area contributed by atoms with Gasteiger partial charge in [-0.1, -0.05) is 0 Å². The number of alkyl halides is 3. The number of guanidine groups is 1. The average Bonchev–Trinajstić information content (AvgIpc) is 2.60. The molecule has 1 aliphatic heterocycles. The van der Waals surface area contributed by atoms with Gasteiger partial charge in [-0.2, -0.15) is 13.2 Å². The second-order valence-electron chi connectivity index (χ2n) is 6.93. The normalized spacial score (nSPS) is 27.8. The summed E-state index contributed by atoms with van der Waals surface area (Å²) in [6.45, 7) is 4.51. The zero-order chi connectivity index (χ0) is 18.3. The van der Waals surface area contributed by atoms with E-state index in [9.17, 15) is 13.2 Å². The number of hydrogen-bond donors (Lipinski definition) is 2. The number of aliphatic imine (C=N–C) groups is 1. The molecular formula is C17H30F3N3O2. The van der Waals surface area contributed by atoms with Gasteiger partial charge in [-0.05, 0) is 32.6 Å². The number of methoxy groups -OCH3 is 1. The van der Waals surface area contributed by atoms with Crippen LogP contribution in [0.25, 0.3) is 0 Å². The van der Waals surface area contributed by atoms with Crippen LogP contribution in [0.4, 0.5) is 13.2 Å². The molecule has 5 nitrogen and oxygen atoms in total. The van der Waals surface area contributed by atoms with Crippen molar-refractivity contribution in [2.75, 3.05) is 33.4 Å². The van der Waals surface area contributed by atoms with Gasteiger partial charge in [0.15, 0.2) is 5.96 Å². The third-order valence-electron chi connectivity index (χ3n) is 5.24. The number of halogens is 3. The summed E-state index contributed by atoms with van der Waals surface area (Å²) < 4.78 is 49.4. The summed E-state index contributed by atoms with van der Waals surface area (Å²) >= 11 is 0. The maximum absolute atomic E-state index is 12.8. The molecule has 2 aliphatic rings. The molecule has 2 rings (SSSR count). The van der Waals surface area contributed by atoms with Crippen molar-refractivity contribution >= 4 is 5.96 Å². The molecule has 1 saturated heterocycles. The Morgan fingerprint density at radius 3 is 2.36 bits per heavy atom. The summed E-state index contributed by atoms with van der Waals surface area (Å²) in [6, 6.07) is 0.0320. The van der Waals surface area contributed by atoms with Crippen LogP contribution in [0.5, 0.6) is 0 Å².